The molecule has 29 heavy (non-hydrogen) atoms. The topological polar surface area (TPSA) is 81.9 Å². The first-order chi connectivity index (χ1) is 13.5. The van der Waals surface area contributed by atoms with Gasteiger partial charge < -0.3 is 14.1 Å². The molecule has 7 nitrogen and oxygen atoms in total. The van der Waals surface area contributed by atoms with E-state index in [0.29, 0.717) is 25.9 Å². The molecule has 0 radical (unpaired) electrons. The Balaban J connectivity index is 1.91. The number of rotatable bonds is 7. The number of hydrogen-bond acceptors (Lipinski definition) is 5. The van der Waals surface area contributed by atoms with Gasteiger partial charge in [-0.1, -0.05) is 51.1 Å². The van der Waals surface area contributed by atoms with Crippen molar-refractivity contribution >= 4 is 14.4 Å². The van der Waals surface area contributed by atoms with Crippen LogP contribution < -0.4 is 0 Å². The SMILES string of the molecule is CC(C)(C)[Si](C)(C)OC(C[N+](=O)[O-])C1CCN(C(=O)OCc2ccccc2)CC1. The van der Waals surface area contributed by atoms with Gasteiger partial charge in [-0.15, -0.1) is 0 Å². The van der Waals surface area contributed by atoms with E-state index in [9.17, 15) is 14.9 Å². The second-order valence-corrected chi connectivity index (χ2v) is 14.1. The van der Waals surface area contributed by atoms with Crippen LogP contribution in [0.2, 0.25) is 18.1 Å². The predicted molar refractivity (Wildman–Crippen MR) is 115 cm³/mol. The van der Waals surface area contributed by atoms with E-state index in [2.05, 4.69) is 33.9 Å². The monoisotopic (exact) mass is 422 g/mol. The summed E-state index contributed by atoms with van der Waals surface area (Å²) in [5, 5.41) is 11.2. The molecule has 1 saturated heterocycles. The van der Waals surface area contributed by atoms with E-state index in [1.165, 1.54) is 0 Å². The van der Waals surface area contributed by atoms with Crippen molar-refractivity contribution in [3.8, 4) is 0 Å². The van der Waals surface area contributed by atoms with Gasteiger partial charge in [0.1, 0.15) is 12.7 Å². The van der Waals surface area contributed by atoms with E-state index < -0.39 is 14.4 Å². The maximum absolute atomic E-state index is 12.4. The molecule has 0 saturated carbocycles. The van der Waals surface area contributed by atoms with Gasteiger partial charge in [0.15, 0.2) is 8.32 Å². The zero-order valence-electron chi connectivity index (χ0n) is 18.2. The summed E-state index contributed by atoms with van der Waals surface area (Å²) in [5.41, 5.74) is 0.949. The number of carbonyl (C=O) groups is 1. The molecule has 0 aliphatic carbocycles. The lowest BCUT2D eigenvalue weighted by molar-refractivity contribution is -0.491. The Morgan fingerprint density at radius 1 is 1.24 bits per heavy atom. The Labute approximate surface area is 174 Å². The van der Waals surface area contributed by atoms with Crippen LogP contribution in [-0.4, -0.2) is 50.0 Å². The fourth-order valence-corrected chi connectivity index (χ4v) is 4.63. The van der Waals surface area contributed by atoms with E-state index >= 15 is 0 Å². The van der Waals surface area contributed by atoms with Gasteiger partial charge in [-0.05, 0) is 42.5 Å². The zero-order valence-corrected chi connectivity index (χ0v) is 19.2. The Hall–Kier alpha value is -1.93. The molecule has 0 spiro atoms. The smallest absolute Gasteiger partial charge is 0.410 e. The van der Waals surface area contributed by atoms with Gasteiger partial charge in [-0.25, -0.2) is 4.79 Å². The lowest BCUT2D eigenvalue weighted by Crippen LogP contribution is -2.50. The van der Waals surface area contributed by atoms with Crippen LogP contribution in [0.3, 0.4) is 0 Å². The predicted octanol–water partition coefficient (Wildman–Crippen LogP) is 4.70. The third-order valence-electron chi connectivity index (χ3n) is 6.11. The fourth-order valence-electron chi connectivity index (χ4n) is 3.25. The van der Waals surface area contributed by atoms with Crippen LogP contribution in [0.4, 0.5) is 4.79 Å². The summed E-state index contributed by atoms with van der Waals surface area (Å²) in [6.45, 7) is 11.8. The molecule has 2 rings (SSSR count). The molecule has 1 aliphatic heterocycles. The summed E-state index contributed by atoms with van der Waals surface area (Å²) in [6.07, 6.45) is 0.637. The number of ether oxygens (including phenoxy) is 1. The van der Waals surface area contributed by atoms with Crippen LogP contribution in [0, 0.1) is 16.0 Å². The Morgan fingerprint density at radius 3 is 2.34 bits per heavy atom. The van der Waals surface area contributed by atoms with Gasteiger partial charge in [0.2, 0.25) is 6.54 Å². The van der Waals surface area contributed by atoms with Crippen molar-refractivity contribution < 1.29 is 18.9 Å². The second kappa shape index (κ2) is 9.71. The van der Waals surface area contributed by atoms with E-state index in [0.717, 1.165) is 5.56 Å². The van der Waals surface area contributed by atoms with Crippen molar-refractivity contribution in [2.24, 2.45) is 5.92 Å². The van der Waals surface area contributed by atoms with E-state index in [-0.39, 0.29) is 35.1 Å². The van der Waals surface area contributed by atoms with Gasteiger partial charge in [0, 0.05) is 18.0 Å². The quantitative estimate of drug-likeness (QED) is 0.361. The minimum Gasteiger partial charge on any atom is -0.445 e. The average molecular weight is 423 g/mol. The van der Waals surface area contributed by atoms with Crippen molar-refractivity contribution in [2.45, 2.75) is 64.5 Å². The summed E-state index contributed by atoms with van der Waals surface area (Å²) < 4.78 is 11.8. The standard InChI is InChI=1S/C21H34N2O5Si/c1-21(2,3)29(4,5)28-19(15-23(25)26)18-11-13-22(14-12-18)20(24)27-16-17-9-7-6-8-10-17/h6-10,18-19H,11-16H2,1-5H3. The lowest BCUT2D eigenvalue weighted by atomic mass is 9.91. The third kappa shape index (κ3) is 6.82. The number of likely N-dealkylation sites (tertiary alicyclic amines) is 1. The van der Waals surface area contributed by atoms with Crippen molar-refractivity contribution in [1.29, 1.82) is 0 Å². The summed E-state index contributed by atoms with van der Waals surface area (Å²) in [4.78, 5) is 25.0. The first kappa shape index (κ1) is 23.3. The molecule has 1 fully saturated rings. The number of amides is 1. The molecule has 0 N–H and O–H groups in total. The Bertz CT molecular complexity index is 682. The summed E-state index contributed by atoms with van der Waals surface area (Å²) >= 11 is 0. The minimum atomic E-state index is -2.12. The van der Waals surface area contributed by atoms with Crippen LogP contribution in [0.1, 0.15) is 39.2 Å². The molecule has 162 valence electrons. The second-order valence-electron chi connectivity index (χ2n) is 9.30. The molecule has 0 aromatic heterocycles. The number of carbonyl (C=O) groups excluding carboxylic acids is 1. The molecule has 1 heterocycles. The Morgan fingerprint density at radius 2 is 1.83 bits per heavy atom. The molecular formula is C21H34N2O5Si. The highest BCUT2D eigenvalue weighted by Gasteiger charge is 2.43. The van der Waals surface area contributed by atoms with Gasteiger partial charge >= 0.3 is 6.09 Å². The molecule has 1 aromatic carbocycles. The molecule has 1 unspecified atom stereocenters. The normalized spacial score (nSPS) is 17.1. The van der Waals surface area contributed by atoms with Crippen molar-refractivity contribution in [3.05, 3.63) is 46.0 Å². The molecule has 1 aromatic rings. The van der Waals surface area contributed by atoms with E-state index in [4.69, 9.17) is 9.16 Å². The van der Waals surface area contributed by atoms with E-state index in [1.807, 2.05) is 30.3 Å². The van der Waals surface area contributed by atoms with Crippen molar-refractivity contribution in [1.82, 2.24) is 4.90 Å². The highest BCUT2D eigenvalue weighted by Crippen LogP contribution is 2.39. The molecule has 1 aliphatic rings. The zero-order chi connectivity index (χ0) is 21.7. The van der Waals surface area contributed by atoms with Crippen molar-refractivity contribution in [2.75, 3.05) is 19.6 Å². The summed E-state index contributed by atoms with van der Waals surface area (Å²) in [7, 11) is -2.12. The van der Waals surface area contributed by atoms with E-state index in [1.54, 1.807) is 4.90 Å². The Kier molecular flexibility index (Phi) is 7.82. The average Bonchev–Trinajstić information content (AvgIpc) is 2.65. The first-order valence-electron chi connectivity index (χ1n) is 10.2. The lowest BCUT2D eigenvalue weighted by Gasteiger charge is -2.42. The van der Waals surface area contributed by atoms with Gasteiger partial charge in [-0.3, -0.25) is 10.1 Å². The number of hydrogen-bond donors (Lipinski definition) is 0. The van der Waals surface area contributed by atoms with Crippen LogP contribution in [0.25, 0.3) is 0 Å². The third-order valence-corrected chi connectivity index (χ3v) is 10.6. The fraction of sp³-hybridized carbons (Fsp3) is 0.667. The molecule has 1 atom stereocenters. The first-order valence-corrected chi connectivity index (χ1v) is 13.2. The summed E-state index contributed by atoms with van der Waals surface area (Å²) in [5.74, 6) is 0.0766. The molecular weight excluding hydrogens is 388 g/mol. The number of benzene rings is 1. The number of nitro groups is 1. The number of piperidine rings is 1. The van der Waals surface area contributed by atoms with Crippen LogP contribution in [0.5, 0.6) is 0 Å². The molecule has 1 amide bonds. The summed E-state index contributed by atoms with van der Waals surface area (Å²) in [6, 6.07) is 9.57. The van der Waals surface area contributed by atoms with Gasteiger partial charge in [-0.2, -0.15) is 0 Å². The van der Waals surface area contributed by atoms with Crippen LogP contribution in [0.15, 0.2) is 30.3 Å². The highest BCUT2D eigenvalue weighted by atomic mass is 28.4. The van der Waals surface area contributed by atoms with Crippen LogP contribution >= 0.6 is 0 Å². The molecule has 0 bridgehead atoms. The maximum atomic E-state index is 12.4. The minimum absolute atomic E-state index is 0.0101. The maximum Gasteiger partial charge on any atom is 0.410 e. The number of nitrogens with zero attached hydrogens (tertiary/aromatic N) is 2. The van der Waals surface area contributed by atoms with Crippen LogP contribution in [-0.2, 0) is 15.8 Å². The highest BCUT2D eigenvalue weighted by molar-refractivity contribution is 6.74. The van der Waals surface area contributed by atoms with Gasteiger partial charge in [0.05, 0.1) is 0 Å². The largest absolute Gasteiger partial charge is 0.445 e. The van der Waals surface area contributed by atoms with Crippen molar-refractivity contribution in [3.63, 3.8) is 0 Å². The molecule has 8 heteroatoms. The van der Waals surface area contributed by atoms with Gasteiger partial charge in [0.25, 0.3) is 0 Å².